The predicted octanol–water partition coefficient (Wildman–Crippen LogP) is 3.36. The van der Waals surface area contributed by atoms with Crippen LogP contribution in [0.5, 0.6) is 5.75 Å². The smallest absolute Gasteiger partial charge is 0.267 e. The zero-order valence-corrected chi connectivity index (χ0v) is 17.6. The molecule has 0 bridgehead atoms. The second-order valence-corrected chi connectivity index (χ2v) is 7.56. The molecule has 0 unspecified atom stereocenters. The number of aromatic nitrogens is 3. The van der Waals surface area contributed by atoms with E-state index < -0.39 is 0 Å². The van der Waals surface area contributed by atoms with E-state index in [0.29, 0.717) is 11.4 Å². The van der Waals surface area contributed by atoms with Gasteiger partial charge in [-0.2, -0.15) is 5.10 Å². The third kappa shape index (κ3) is 4.87. The van der Waals surface area contributed by atoms with Gasteiger partial charge >= 0.3 is 0 Å². The van der Waals surface area contributed by atoms with Crippen molar-refractivity contribution in [1.82, 2.24) is 20.1 Å². The summed E-state index contributed by atoms with van der Waals surface area (Å²) >= 11 is 1.52. The van der Waals surface area contributed by atoms with Gasteiger partial charge in [0.15, 0.2) is 0 Å². The molecule has 2 aromatic heterocycles. The number of nitrogens with one attached hydrogen (secondary N) is 1. The topological polar surface area (TPSA) is 86.1 Å². The molecular formula is C23H20N4O3S. The van der Waals surface area contributed by atoms with E-state index in [1.54, 1.807) is 13.2 Å². The molecule has 0 spiro atoms. The lowest BCUT2D eigenvalue weighted by atomic mass is 10.1. The van der Waals surface area contributed by atoms with Gasteiger partial charge in [-0.3, -0.25) is 9.59 Å². The first kappa shape index (κ1) is 20.5. The summed E-state index contributed by atoms with van der Waals surface area (Å²) in [6.07, 6.45) is 0. The van der Waals surface area contributed by atoms with Gasteiger partial charge in [-0.25, -0.2) is 9.67 Å². The summed E-state index contributed by atoms with van der Waals surface area (Å²) in [5.41, 5.74) is 2.75. The van der Waals surface area contributed by atoms with Crippen LogP contribution < -0.4 is 15.6 Å². The Morgan fingerprint density at radius 2 is 1.84 bits per heavy atom. The molecule has 0 aliphatic heterocycles. The summed E-state index contributed by atoms with van der Waals surface area (Å²) in [4.78, 5) is 29.2. The van der Waals surface area contributed by atoms with Gasteiger partial charge in [-0.05, 0) is 18.2 Å². The Balaban J connectivity index is 1.43. The molecule has 156 valence electrons. The van der Waals surface area contributed by atoms with E-state index in [4.69, 9.17) is 4.74 Å². The van der Waals surface area contributed by atoms with Crippen LogP contribution in [0.3, 0.4) is 0 Å². The number of rotatable bonds is 7. The predicted molar refractivity (Wildman–Crippen MR) is 120 cm³/mol. The Bertz CT molecular complexity index is 1250. The second kappa shape index (κ2) is 9.36. The average molecular weight is 433 g/mol. The van der Waals surface area contributed by atoms with Gasteiger partial charge in [0.25, 0.3) is 5.56 Å². The van der Waals surface area contributed by atoms with Crippen molar-refractivity contribution in [3.05, 3.63) is 88.2 Å². The van der Waals surface area contributed by atoms with Crippen molar-refractivity contribution in [3.8, 4) is 27.6 Å². The van der Waals surface area contributed by atoms with Crippen LogP contribution in [0.2, 0.25) is 0 Å². The van der Waals surface area contributed by atoms with E-state index in [2.05, 4.69) is 15.4 Å². The third-order valence-corrected chi connectivity index (χ3v) is 5.52. The summed E-state index contributed by atoms with van der Waals surface area (Å²) < 4.78 is 6.51. The summed E-state index contributed by atoms with van der Waals surface area (Å²) in [5.74, 6) is 0.323. The fraction of sp³-hybridized carbons (Fsp3) is 0.130. The minimum absolute atomic E-state index is 0.183. The number of para-hydroxylation sites is 1. The lowest BCUT2D eigenvalue weighted by Gasteiger charge is -2.10. The highest BCUT2D eigenvalue weighted by atomic mass is 32.1. The number of hydrogen-bond acceptors (Lipinski definition) is 6. The molecule has 0 fully saturated rings. The molecule has 1 amide bonds. The molecule has 0 radical (unpaired) electrons. The Morgan fingerprint density at radius 3 is 2.65 bits per heavy atom. The van der Waals surface area contributed by atoms with Crippen LogP contribution in [0.25, 0.3) is 21.8 Å². The van der Waals surface area contributed by atoms with E-state index in [9.17, 15) is 9.59 Å². The van der Waals surface area contributed by atoms with Crippen molar-refractivity contribution in [2.24, 2.45) is 0 Å². The summed E-state index contributed by atoms with van der Waals surface area (Å²) in [6.45, 7) is 0.0978. The van der Waals surface area contributed by atoms with Crippen LogP contribution in [-0.4, -0.2) is 27.8 Å². The van der Waals surface area contributed by atoms with E-state index in [-0.39, 0.29) is 24.6 Å². The van der Waals surface area contributed by atoms with Crippen molar-refractivity contribution in [1.29, 1.82) is 0 Å². The van der Waals surface area contributed by atoms with Crippen LogP contribution >= 0.6 is 11.3 Å². The molecule has 4 aromatic rings. The molecule has 8 heteroatoms. The van der Waals surface area contributed by atoms with Crippen molar-refractivity contribution in [2.45, 2.75) is 13.1 Å². The zero-order chi connectivity index (χ0) is 21.6. The van der Waals surface area contributed by atoms with Crippen molar-refractivity contribution in [2.75, 3.05) is 7.11 Å². The van der Waals surface area contributed by atoms with Crippen molar-refractivity contribution in [3.63, 3.8) is 0 Å². The van der Waals surface area contributed by atoms with Gasteiger partial charge in [0.05, 0.1) is 25.0 Å². The number of carbonyl (C=O) groups excluding carboxylic acids is 1. The van der Waals surface area contributed by atoms with Gasteiger partial charge in [-0.1, -0.05) is 42.5 Å². The molecule has 7 nitrogen and oxygen atoms in total. The highest BCUT2D eigenvalue weighted by Crippen LogP contribution is 2.27. The highest BCUT2D eigenvalue weighted by molar-refractivity contribution is 7.13. The fourth-order valence-corrected chi connectivity index (χ4v) is 3.87. The standard InChI is InChI=1S/C23H20N4O3S/c1-30-20-10-6-5-9-18(20)19-11-12-22(29)27(26-19)14-21(28)24-13-17-15-31-23(25-17)16-7-3-2-4-8-16/h2-12,15H,13-14H2,1H3,(H,24,28). The van der Waals surface area contributed by atoms with E-state index in [0.717, 1.165) is 26.5 Å². The molecule has 0 aliphatic carbocycles. The summed E-state index contributed by atoms with van der Waals surface area (Å²) in [6, 6.07) is 20.3. The SMILES string of the molecule is COc1ccccc1-c1ccc(=O)n(CC(=O)NCc2csc(-c3ccccc3)n2)n1. The molecule has 1 N–H and O–H groups in total. The lowest BCUT2D eigenvalue weighted by molar-refractivity contribution is -0.122. The quantitative estimate of drug-likeness (QED) is 0.484. The minimum atomic E-state index is -0.353. The number of thiazole rings is 1. The Kier molecular flexibility index (Phi) is 6.18. The molecule has 0 aliphatic rings. The van der Waals surface area contributed by atoms with Gasteiger partial charge in [-0.15, -0.1) is 11.3 Å². The zero-order valence-electron chi connectivity index (χ0n) is 16.8. The Morgan fingerprint density at radius 1 is 1.06 bits per heavy atom. The van der Waals surface area contributed by atoms with Crippen molar-refractivity contribution < 1.29 is 9.53 Å². The van der Waals surface area contributed by atoms with Crippen LogP contribution in [0.15, 0.2) is 76.9 Å². The average Bonchev–Trinajstić information content (AvgIpc) is 3.29. The molecule has 0 saturated heterocycles. The number of methoxy groups -OCH3 is 1. The second-order valence-electron chi connectivity index (χ2n) is 6.70. The molecule has 0 saturated carbocycles. The molecule has 0 atom stereocenters. The molecule has 2 heterocycles. The Hall–Kier alpha value is -3.78. The molecular weight excluding hydrogens is 412 g/mol. The fourth-order valence-electron chi connectivity index (χ4n) is 3.04. The normalized spacial score (nSPS) is 10.6. The largest absolute Gasteiger partial charge is 0.496 e. The first-order valence-corrected chi connectivity index (χ1v) is 10.5. The minimum Gasteiger partial charge on any atom is -0.496 e. The van der Waals surface area contributed by atoms with Crippen LogP contribution in [0, 0.1) is 0 Å². The summed E-state index contributed by atoms with van der Waals surface area (Å²) in [5, 5.41) is 9.95. The number of benzene rings is 2. The van der Waals surface area contributed by atoms with Gasteiger partial charge < -0.3 is 10.1 Å². The van der Waals surface area contributed by atoms with E-state index in [1.165, 1.54) is 17.4 Å². The first-order valence-electron chi connectivity index (χ1n) is 9.62. The number of amides is 1. The first-order chi connectivity index (χ1) is 15.1. The van der Waals surface area contributed by atoms with Crippen LogP contribution in [0.4, 0.5) is 0 Å². The lowest BCUT2D eigenvalue weighted by Crippen LogP contribution is -2.33. The number of hydrogen-bond donors (Lipinski definition) is 1. The number of ether oxygens (including phenoxy) is 1. The molecule has 31 heavy (non-hydrogen) atoms. The third-order valence-electron chi connectivity index (χ3n) is 4.58. The van der Waals surface area contributed by atoms with Gasteiger partial charge in [0.1, 0.15) is 17.3 Å². The van der Waals surface area contributed by atoms with Crippen molar-refractivity contribution >= 4 is 17.2 Å². The number of carbonyl (C=O) groups is 1. The van der Waals surface area contributed by atoms with Gasteiger partial charge in [0.2, 0.25) is 5.91 Å². The maximum absolute atomic E-state index is 12.4. The highest BCUT2D eigenvalue weighted by Gasteiger charge is 2.12. The molecule has 4 rings (SSSR count). The maximum Gasteiger partial charge on any atom is 0.267 e. The Labute approximate surface area is 183 Å². The van der Waals surface area contributed by atoms with E-state index >= 15 is 0 Å². The maximum atomic E-state index is 12.4. The van der Waals surface area contributed by atoms with Crippen LogP contribution in [-0.2, 0) is 17.9 Å². The summed E-state index contributed by atoms with van der Waals surface area (Å²) in [7, 11) is 1.57. The van der Waals surface area contributed by atoms with E-state index in [1.807, 2.05) is 60.0 Å². The monoisotopic (exact) mass is 432 g/mol. The van der Waals surface area contributed by atoms with Gasteiger partial charge in [0, 0.05) is 22.6 Å². The van der Waals surface area contributed by atoms with Crippen LogP contribution in [0.1, 0.15) is 5.69 Å². The number of nitrogens with zero attached hydrogens (tertiary/aromatic N) is 3. The molecule has 2 aromatic carbocycles.